The van der Waals surface area contributed by atoms with Crippen LogP contribution in [-0.4, -0.2) is 68.4 Å². The molecule has 0 aliphatic carbocycles. The molecular formula is C20H21ClN6O. The number of aromatic nitrogens is 4. The summed E-state index contributed by atoms with van der Waals surface area (Å²) in [5, 5.41) is 9.17. The highest BCUT2D eigenvalue weighted by Gasteiger charge is 2.28. The number of likely N-dealkylation sites (N-methyl/N-ethyl adjacent to an activating group) is 1. The second-order valence-electron chi connectivity index (χ2n) is 6.64. The molecule has 1 aliphatic rings. The molecule has 0 bridgehead atoms. The number of hydrogen-bond donors (Lipinski definition) is 0. The van der Waals surface area contributed by atoms with Crippen molar-refractivity contribution in [2.24, 2.45) is 0 Å². The molecule has 144 valence electrons. The molecule has 2 aromatic heterocycles. The molecule has 0 N–H and O–H groups in total. The van der Waals surface area contributed by atoms with E-state index in [4.69, 9.17) is 11.6 Å². The number of amides is 1. The maximum atomic E-state index is 13.2. The van der Waals surface area contributed by atoms with E-state index in [1.54, 1.807) is 29.2 Å². The smallest absolute Gasteiger partial charge is 0.276 e. The van der Waals surface area contributed by atoms with Crippen LogP contribution in [0.2, 0.25) is 5.02 Å². The van der Waals surface area contributed by atoms with Gasteiger partial charge in [0.15, 0.2) is 5.69 Å². The minimum Gasteiger partial charge on any atom is -0.335 e. The Labute approximate surface area is 168 Å². The van der Waals surface area contributed by atoms with Gasteiger partial charge < -0.3 is 9.80 Å². The standard InChI is InChI=1S/C20H21ClN6O/c1-2-25-10-12-26(13-11-25)20(28)18-19(15-4-3-9-22-14-15)27(24-23-18)17-7-5-16(21)6-8-17/h3-9,14H,2,10-13H2,1H3. The Morgan fingerprint density at radius 3 is 2.50 bits per heavy atom. The number of piperazine rings is 1. The van der Waals surface area contributed by atoms with Gasteiger partial charge in [-0.15, -0.1) is 5.10 Å². The van der Waals surface area contributed by atoms with Gasteiger partial charge in [-0.2, -0.15) is 0 Å². The quantitative estimate of drug-likeness (QED) is 0.678. The number of carbonyl (C=O) groups excluding carboxylic acids is 1. The second kappa shape index (κ2) is 8.08. The maximum absolute atomic E-state index is 13.2. The first kappa shape index (κ1) is 18.6. The fourth-order valence-corrected chi connectivity index (χ4v) is 3.49. The molecule has 28 heavy (non-hydrogen) atoms. The predicted molar refractivity (Wildman–Crippen MR) is 108 cm³/mol. The minimum atomic E-state index is -0.102. The molecule has 3 aromatic rings. The van der Waals surface area contributed by atoms with Crippen molar-refractivity contribution in [1.29, 1.82) is 0 Å². The third kappa shape index (κ3) is 3.63. The molecule has 1 aliphatic heterocycles. The Balaban J connectivity index is 1.73. The van der Waals surface area contributed by atoms with E-state index < -0.39 is 0 Å². The fourth-order valence-electron chi connectivity index (χ4n) is 3.37. The van der Waals surface area contributed by atoms with Crippen LogP contribution in [0.3, 0.4) is 0 Å². The van der Waals surface area contributed by atoms with Crippen LogP contribution < -0.4 is 0 Å². The normalized spacial score (nSPS) is 15.0. The zero-order valence-electron chi connectivity index (χ0n) is 15.6. The summed E-state index contributed by atoms with van der Waals surface area (Å²) in [6.45, 7) is 6.25. The molecule has 0 saturated carbocycles. The van der Waals surface area contributed by atoms with Gasteiger partial charge in [0, 0.05) is 49.2 Å². The Bertz CT molecular complexity index is 949. The third-order valence-electron chi connectivity index (χ3n) is 4.99. The van der Waals surface area contributed by atoms with E-state index in [9.17, 15) is 4.79 Å². The van der Waals surface area contributed by atoms with Gasteiger partial charge >= 0.3 is 0 Å². The van der Waals surface area contributed by atoms with Crippen LogP contribution in [0.25, 0.3) is 16.9 Å². The van der Waals surface area contributed by atoms with Gasteiger partial charge in [-0.25, -0.2) is 4.68 Å². The zero-order valence-corrected chi connectivity index (χ0v) is 16.4. The van der Waals surface area contributed by atoms with Gasteiger partial charge in [-0.1, -0.05) is 23.7 Å². The molecular weight excluding hydrogens is 376 g/mol. The summed E-state index contributed by atoms with van der Waals surface area (Å²) in [5.74, 6) is -0.102. The van der Waals surface area contributed by atoms with E-state index in [2.05, 4.69) is 27.1 Å². The molecule has 0 atom stereocenters. The summed E-state index contributed by atoms with van der Waals surface area (Å²) >= 11 is 6.02. The van der Waals surface area contributed by atoms with E-state index in [1.807, 2.05) is 29.2 Å². The molecule has 4 rings (SSSR count). The van der Waals surface area contributed by atoms with Crippen LogP contribution >= 0.6 is 11.6 Å². The molecule has 1 fully saturated rings. The molecule has 1 amide bonds. The zero-order chi connectivity index (χ0) is 19.5. The van der Waals surface area contributed by atoms with Gasteiger partial charge in [-0.05, 0) is 42.9 Å². The Kier molecular flexibility index (Phi) is 5.36. The lowest BCUT2D eigenvalue weighted by molar-refractivity contribution is 0.0638. The lowest BCUT2D eigenvalue weighted by Crippen LogP contribution is -2.48. The van der Waals surface area contributed by atoms with E-state index in [1.165, 1.54) is 0 Å². The van der Waals surface area contributed by atoms with Crippen molar-refractivity contribution in [2.45, 2.75) is 6.92 Å². The number of rotatable bonds is 4. The Morgan fingerprint density at radius 1 is 1.11 bits per heavy atom. The molecule has 1 saturated heterocycles. The fraction of sp³-hybridized carbons (Fsp3) is 0.300. The van der Waals surface area contributed by atoms with Crippen LogP contribution in [0.15, 0.2) is 48.8 Å². The van der Waals surface area contributed by atoms with E-state index in [0.29, 0.717) is 29.5 Å². The molecule has 0 radical (unpaired) electrons. The molecule has 8 heteroatoms. The van der Waals surface area contributed by atoms with Crippen molar-refractivity contribution in [1.82, 2.24) is 29.8 Å². The second-order valence-corrected chi connectivity index (χ2v) is 7.08. The first-order valence-electron chi connectivity index (χ1n) is 9.31. The summed E-state index contributed by atoms with van der Waals surface area (Å²) in [7, 11) is 0. The maximum Gasteiger partial charge on any atom is 0.276 e. The summed E-state index contributed by atoms with van der Waals surface area (Å²) in [4.78, 5) is 21.6. The third-order valence-corrected chi connectivity index (χ3v) is 5.24. The van der Waals surface area contributed by atoms with Crippen molar-refractivity contribution in [2.75, 3.05) is 32.7 Å². The number of nitrogens with zero attached hydrogens (tertiary/aromatic N) is 6. The van der Waals surface area contributed by atoms with E-state index >= 15 is 0 Å². The Morgan fingerprint density at radius 2 is 1.86 bits per heavy atom. The largest absolute Gasteiger partial charge is 0.335 e. The topological polar surface area (TPSA) is 67.2 Å². The number of carbonyl (C=O) groups is 1. The van der Waals surface area contributed by atoms with Crippen LogP contribution in [0, 0.1) is 0 Å². The highest BCUT2D eigenvalue weighted by atomic mass is 35.5. The van der Waals surface area contributed by atoms with E-state index in [-0.39, 0.29) is 5.91 Å². The summed E-state index contributed by atoms with van der Waals surface area (Å²) in [5.41, 5.74) is 2.55. The number of hydrogen-bond acceptors (Lipinski definition) is 5. The van der Waals surface area contributed by atoms with Crippen molar-refractivity contribution >= 4 is 17.5 Å². The van der Waals surface area contributed by atoms with Crippen LogP contribution in [0.5, 0.6) is 0 Å². The van der Waals surface area contributed by atoms with Gasteiger partial charge in [0.05, 0.1) is 5.69 Å². The van der Waals surface area contributed by atoms with Gasteiger partial charge in [0.2, 0.25) is 0 Å². The molecule has 0 spiro atoms. The molecule has 7 nitrogen and oxygen atoms in total. The minimum absolute atomic E-state index is 0.102. The highest BCUT2D eigenvalue weighted by molar-refractivity contribution is 6.30. The summed E-state index contributed by atoms with van der Waals surface area (Å²) in [6.07, 6.45) is 3.42. The monoisotopic (exact) mass is 396 g/mol. The average Bonchev–Trinajstić information content (AvgIpc) is 3.19. The molecule has 0 unspecified atom stereocenters. The SMILES string of the molecule is CCN1CCN(C(=O)c2nnn(-c3ccc(Cl)cc3)c2-c2cccnc2)CC1. The first-order valence-corrected chi connectivity index (χ1v) is 9.69. The van der Waals surface area contributed by atoms with Crippen molar-refractivity contribution < 1.29 is 4.79 Å². The van der Waals surface area contributed by atoms with Crippen LogP contribution in [0.4, 0.5) is 0 Å². The lowest BCUT2D eigenvalue weighted by Gasteiger charge is -2.33. The highest BCUT2D eigenvalue weighted by Crippen LogP contribution is 2.26. The molecule has 1 aromatic carbocycles. The summed E-state index contributed by atoms with van der Waals surface area (Å²) in [6, 6.07) is 11.0. The van der Waals surface area contributed by atoms with Crippen molar-refractivity contribution in [3.05, 3.63) is 59.5 Å². The van der Waals surface area contributed by atoms with Crippen LogP contribution in [-0.2, 0) is 0 Å². The first-order chi connectivity index (χ1) is 13.7. The number of pyridine rings is 1. The van der Waals surface area contributed by atoms with Crippen molar-refractivity contribution in [3.63, 3.8) is 0 Å². The average molecular weight is 397 g/mol. The number of halogens is 1. The van der Waals surface area contributed by atoms with Gasteiger partial charge in [-0.3, -0.25) is 9.78 Å². The number of benzene rings is 1. The predicted octanol–water partition coefficient (Wildman–Crippen LogP) is 2.76. The van der Waals surface area contributed by atoms with E-state index in [0.717, 1.165) is 30.9 Å². The van der Waals surface area contributed by atoms with Gasteiger partial charge in [0.1, 0.15) is 5.69 Å². The van der Waals surface area contributed by atoms with Gasteiger partial charge in [0.25, 0.3) is 5.91 Å². The van der Waals surface area contributed by atoms with Crippen molar-refractivity contribution in [3.8, 4) is 16.9 Å². The summed E-state index contributed by atoms with van der Waals surface area (Å²) < 4.78 is 1.67. The Hall–Kier alpha value is -2.77. The lowest BCUT2D eigenvalue weighted by atomic mass is 10.1. The molecule has 3 heterocycles. The van der Waals surface area contributed by atoms with Crippen LogP contribution in [0.1, 0.15) is 17.4 Å².